The Morgan fingerprint density at radius 2 is 2.44 bits per heavy atom. The molecule has 3 N–H and O–H groups in total. The van der Waals surface area contributed by atoms with Crippen molar-refractivity contribution < 1.29 is 4.79 Å². The first-order chi connectivity index (χ1) is 8.58. The number of thiophene rings is 1. The number of carbonyl (C=O) groups excluding carboxylic acids is 1. The molecule has 0 spiro atoms. The third-order valence-electron chi connectivity index (χ3n) is 2.65. The molecule has 0 aliphatic rings. The number of nitrogens with two attached hydrogens (primary N) is 1. The largest absolute Gasteiger partial charge is 0.396 e. The molecule has 0 fully saturated rings. The SMILES string of the molecule is CC(Cc1cccs1)NC(=O)c1c(N)cnn1C. The molecule has 2 aromatic rings. The van der Waals surface area contributed by atoms with Crippen molar-refractivity contribution in [2.24, 2.45) is 7.05 Å². The molecular weight excluding hydrogens is 248 g/mol. The highest BCUT2D eigenvalue weighted by atomic mass is 32.1. The number of nitrogens with zero attached hydrogens (tertiary/aromatic N) is 2. The third kappa shape index (κ3) is 2.70. The fourth-order valence-electron chi connectivity index (χ4n) is 1.81. The first-order valence-corrected chi connectivity index (χ1v) is 6.56. The van der Waals surface area contributed by atoms with Crippen LogP contribution in [-0.4, -0.2) is 21.7 Å². The molecule has 1 atom stereocenters. The number of amides is 1. The van der Waals surface area contributed by atoms with Crippen LogP contribution in [0, 0.1) is 0 Å². The number of hydrogen-bond donors (Lipinski definition) is 2. The maximum atomic E-state index is 12.0. The average molecular weight is 264 g/mol. The first-order valence-electron chi connectivity index (χ1n) is 5.68. The number of nitrogen functional groups attached to an aromatic ring is 1. The Morgan fingerprint density at radius 1 is 1.67 bits per heavy atom. The van der Waals surface area contributed by atoms with E-state index >= 15 is 0 Å². The van der Waals surface area contributed by atoms with Crippen LogP contribution in [0.5, 0.6) is 0 Å². The zero-order valence-electron chi connectivity index (χ0n) is 10.4. The van der Waals surface area contributed by atoms with Gasteiger partial charge in [0, 0.05) is 24.4 Å². The van der Waals surface area contributed by atoms with Crippen molar-refractivity contribution in [1.29, 1.82) is 0 Å². The topological polar surface area (TPSA) is 72.9 Å². The van der Waals surface area contributed by atoms with E-state index in [-0.39, 0.29) is 11.9 Å². The Kier molecular flexibility index (Phi) is 3.66. The average Bonchev–Trinajstić information content (AvgIpc) is 2.89. The molecule has 0 saturated carbocycles. The first kappa shape index (κ1) is 12.6. The summed E-state index contributed by atoms with van der Waals surface area (Å²) in [6, 6.07) is 4.13. The lowest BCUT2D eigenvalue weighted by Gasteiger charge is -2.13. The van der Waals surface area contributed by atoms with Crippen LogP contribution in [0.4, 0.5) is 5.69 Å². The number of aromatic nitrogens is 2. The molecule has 0 aliphatic carbocycles. The molecule has 1 unspecified atom stereocenters. The van der Waals surface area contributed by atoms with Gasteiger partial charge in [-0.25, -0.2) is 0 Å². The van der Waals surface area contributed by atoms with E-state index in [1.54, 1.807) is 18.4 Å². The van der Waals surface area contributed by atoms with Gasteiger partial charge in [0.25, 0.3) is 5.91 Å². The Balaban J connectivity index is 1.99. The van der Waals surface area contributed by atoms with Crippen molar-refractivity contribution in [3.8, 4) is 0 Å². The van der Waals surface area contributed by atoms with Crippen LogP contribution < -0.4 is 11.1 Å². The molecule has 2 aromatic heterocycles. The standard InChI is InChI=1S/C12H16N4OS/c1-8(6-9-4-3-5-18-9)15-12(17)11-10(13)7-14-16(11)2/h3-5,7-8H,6,13H2,1-2H3,(H,15,17). The number of hydrogen-bond acceptors (Lipinski definition) is 4. The van der Waals surface area contributed by atoms with E-state index in [0.717, 1.165) is 6.42 Å². The highest BCUT2D eigenvalue weighted by Gasteiger charge is 2.17. The predicted molar refractivity (Wildman–Crippen MR) is 72.6 cm³/mol. The summed E-state index contributed by atoms with van der Waals surface area (Å²) in [5.41, 5.74) is 6.52. The fourth-order valence-corrected chi connectivity index (χ4v) is 2.64. The molecule has 6 heteroatoms. The van der Waals surface area contributed by atoms with Crippen molar-refractivity contribution in [3.05, 3.63) is 34.3 Å². The van der Waals surface area contributed by atoms with Crippen LogP contribution in [0.2, 0.25) is 0 Å². The molecular formula is C12H16N4OS. The van der Waals surface area contributed by atoms with Crippen molar-refractivity contribution in [3.63, 3.8) is 0 Å². The molecule has 0 saturated heterocycles. The molecule has 1 amide bonds. The third-order valence-corrected chi connectivity index (χ3v) is 3.55. The van der Waals surface area contributed by atoms with E-state index in [0.29, 0.717) is 11.4 Å². The summed E-state index contributed by atoms with van der Waals surface area (Å²) in [5.74, 6) is -0.184. The van der Waals surface area contributed by atoms with Crippen LogP contribution in [0.25, 0.3) is 0 Å². The molecule has 0 aromatic carbocycles. The molecule has 0 bridgehead atoms. The fraction of sp³-hybridized carbons (Fsp3) is 0.333. The normalized spacial score (nSPS) is 12.3. The summed E-state index contributed by atoms with van der Waals surface area (Å²) >= 11 is 1.69. The maximum absolute atomic E-state index is 12.0. The summed E-state index contributed by atoms with van der Waals surface area (Å²) < 4.78 is 1.49. The summed E-state index contributed by atoms with van der Waals surface area (Å²) in [5, 5.41) is 8.91. The van der Waals surface area contributed by atoms with E-state index in [1.807, 2.05) is 18.4 Å². The van der Waals surface area contributed by atoms with E-state index in [1.165, 1.54) is 15.8 Å². The van der Waals surface area contributed by atoms with Gasteiger partial charge in [0.05, 0.1) is 11.9 Å². The quantitative estimate of drug-likeness (QED) is 0.877. The molecule has 18 heavy (non-hydrogen) atoms. The molecule has 2 heterocycles. The monoisotopic (exact) mass is 264 g/mol. The zero-order chi connectivity index (χ0) is 13.1. The number of anilines is 1. The van der Waals surface area contributed by atoms with Crippen LogP contribution in [0.1, 0.15) is 22.3 Å². The van der Waals surface area contributed by atoms with Gasteiger partial charge in [-0.3, -0.25) is 9.48 Å². The van der Waals surface area contributed by atoms with E-state index in [2.05, 4.69) is 16.5 Å². The second-order valence-electron chi connectivity index (χ2n) is 4.23. The van der Waals surface area contributed by atoms with Crippen LogP contribution in [-0.2, 0) is 13.5 Å². The minimum Gasteiger partial charge on any atom is -0.396 e. The lowest BCUT2D eigenvalue weighted by Crippen LogP contribution is -2.35. The van der Waals surface area contributed by atoms with Gasteiger partial charge in [-0.1, -0.05) is 6.07 Å². The number of aryl methyl sites for hydroxylation is 1. The molecule has 0 aliphatic heterocycles. The Bertz CT molecular complexity index is 513. The summed E-state index contributed by atoms with van der Waals surface area (Å²) in [7, 11) is 1.70. The molecule has 2 rings (SSSR count). The number of rotatable bonds is 4. The summed E-state index contributed by atoms with van der Waals surface area (Å²) in [4.78, 5) is 13.3. The molecule has 96 valence electrons. The lowest BCUT2D eigenvalue weighted by atomic mass is 10.2. The van der Waals surface area contributed by atoms with Gasteiger partial charge in [0.15, 0.2) is 0 Å². The summed E-state index contributed by atoms with van der Waals surface area (Å²) in [6.07, 6.45) is 2.31. The second-order valence-corrected chi connectivity index (χ2v) is 5.26. The van der Waals surface area contributed by atoms with E-state index in [4.69, 9.17) is 5.73 Å². The van der Waals surface area contributed by atoms with Crippen molar-refractivity contribution in [1.82, 2.24) is 15.1 Å². The number of nitrogens with one attached hydrogen (secondary N) is 1. The van der Waals surface area contributed by atoms with Gasteiger partial charge in [0.1, 0.15) is 5.69 Å². The molecule has 5 nitrogen and oxygen atoms in total. The summed E-state index contributed by atoms with van der Waals surface area (Å²) in [6.45, 7) is 1.98. The van der Waals surface area contributed by atoms with Gasteiger partial charge >= 0.3 is 0 Å². The highest BCUT2D eigenvalue weighted by Crippen LogP contribution is 2.12. The Hall–Kier alpha value is -1.82. The van der Waals surface area contributed by atoms with Crippen molar-refractivity contribution in [2.45, 2.75) is 19.4 Å². The van der Waals surface area contributed by atoms with Gasteiger partial charge in [-0.05, 0) is 18.4 Å². The highest BCUT2D eigenvalue weighted by molar-refractivity contribution is 7.09. The van der Waals surface area contributed by atoms with Crippen molar-refractivity contribution >= 4 is 22.9 Å². The minimum atomic E-state index is -0.184. The van der Waals surface area contributed by atoms with Crippen molar-refractivity contribution in [2.75, 3.05) is 5.73 Å². The Labute approximate surface area is 110 Å². The van der Waals surface area contributed by atoms with Gasteiger partial charge < -0.3 is 11.1 Å². The van der Waals surface area contributed by atoms with Gasteiger partial charge in [-0.2, -0.15) is 5.10 Å². The lowest BCUT2D eigenvalue weighted by molar-refractivity contribution is 0.0931. The van der Waals surface area contributed by atoms with Gasteiger partial charge in [-0.15, -0.1) is 11.3 Å². The maximum Gasteiger partial charge on any atom is 0.271 e. The smallest absolute Gasteiger partial charge is 0.271 e. The van der Waals surface area contributed by atoms with E-state index < -0.39 is 0 Å². The van der Waals surface area contributed by atoms with Gasteiger partial charge in [0.2, 0.25) is 0 Å². The zero-order valence-corrected chi connectivity index (χ0v) is 11.2. The second kappa shape index (κ2) is 5.22. The Morgan fingerprint density at radius 3 is 3.00 bits per heavy atom. The minimum absolute atomic E-state index is 0.0606. The van der Waals surface area contributed by atoms with Crippen LogP contribution in [0.15, 0.2) is 23.7 Å². The van der Waals surface area contributed by atoms with Crippen LogP contribution in [0.3, 0.4) is 0 Å². The predicted octanol–water partition coefficient (Wildman–Crippen LogP) is 1.42. The van der Waals surface area contributed by atoms with Crippen LogP contribution >= 0.6 is 11.3 Å². The van der Waals surface area contributed by atoms with E-state index in [9.17, 15) is 4.79 Å². The number of carbonyl (C=O) groups is 1. The molecule has 0 radical (unpaired) electrons.